The van der Waals surface area contributed by atoms with Gasteiger partial charge in [0.2, 0.25) is 0 Å². The summed E-state index contributed by atoms with van der Waals surface area (Å²) in [5.41, 5.74) is 2.25. The Morgan fingerprint density at radius 3 is 2.74 bits per heavy atom. The van der Waals surface area contributed by atoms with E-state index in [0.29, 0.717) is 30.9 Å². The van der Waals surface area contributed by atoms with E-state index in [1.807, 2.05) is 16.8 Å². The summed E-state index contributed by atoms with van der Waals surface area (Å²) >= 11 is 0. The largest absolute Gasteiger partial charge is 0.497 e. The zero-order valence-electron chi connectivity index (χ0n) is 14.9. The summed E-state index contributed by atoms with van der Waals surface area (Å²) < 4.78 is 12.7. The lowest BCUT2D eigenvalue weighted by atomic mass is 10.1. The molecule has 0 fully saturated rings. The maximum Gasteiger partial charge on any atom is 0.254 e. The van der Waals surface area contributed by atoms with Crippen LogP contribution in [0.5, 0.6) is 11.5 Å². The van der Waals surface area contributed by atoms with Crippen LogP contribution in [0.4, 0.5) is 0 Å². The van der Waals surface area contributed by atoms with Crippen molar-refractivity contribution >= 4 is 5.91 Å². The number of carbonyl (C=O) groups excluding carboxylic acids is 1. The van der Waals surface area contributed by atoms with Gasteiger partial charge in [0.05, 0.1) is 32.1 Å². The van der Waals surface area contributed by atoms with Crippen molar-refractivity contribution in [2.45, 2.75) is 19.7 Å². The van der Waals surface area contributed by atoms with Crippen molar-refractivity contribution in [1.82, 2.24) is 24.9 Å². The van der Waals surface area contributed by atoms with Crippen LogP contribution in [-0.4, -0.2) is 44.4 Å². The number of amides is 1. The van der Waals surface area contributed by atoms with Crippen molar-refractivity contribution in [3.8, 4) is 11.5 Å². The summed E-state index contributed by atoms with van der Waals surface area (Å²) in [7, 11) is 1.60. The van der Waals surface area contributed by atoms with E-state index >= 15 is 0 Å². The van der Waals surface area contributed by atoms with Crippen LogP contribution in [0.1, 0.15) is 21.7 Å². The van der Waals surface area contributed by atoms with Gasteiger partial charge in [-0.25, -0.2) is 4.68 Å². The predicted octanol–water partition coefficient (Wildman–Crippen LogP) is 1.92. The average Bonchev–Trinajstić information content (AvgIpc) is 3.15. The number of benzene rings is 1. The molecule has 1 aliphatic rings. The number of nitrogens with zero attached hydrogens (tertiary/aromatic N) is 5. The predicted molar refractivity (Wildman–Crippen MR) is 96.3 cm³/mol. The lowest BCUT2D eigenvalue weighted by Crippen LogP contribution is -2.38. The molecule has 0 N–H and O–H groups in total. The highest BCUT2D eigenvalue weighted by atomic mass is 16.5. The number of hydrogen-bond donors (Lipinski definition) is 0. The second-order valence-electron chi connectivity index (χ2n) is 6.14. The van der Waals surface area contributed by atoms with Gasteiger partial charge in [-0.1, -0.05) is 5.21 Å². The fraction of sp³-hybridized carbons (Fsp3) is 0.263. The number of hydrogen-bond acceptors (Lipinski definition) is 6. The second-order valence-corrected chi connectivity index (χ2v) is 6.14. The van der Waals surface area contributed by atoms with Crippen LogP contribution in [0.3, 0.4) is 0 Å². The van der Waals surface area contributed by atoms with E-state index in [9.17, 15) is 4.79 Å². The molecule has 0 saturated heterocycles. The molecule has 0 unspecified atom stereocenters. The number of carbonyl (C=O) groups is 1. The van der Waals surface area contributed by atoms with Crippen LogP contribution >= 0.6 is 0 Å². The van der Waals surface area contributed by atoms with E-state index in [0.717, 1.165) is 17.1 Å². The molecule has 1 aliphatic heterocycles. The van der Waals surface area contributed by atoms with Crippen LogP contribution < -0.4 is 9.47 Å². The zero-order chi connectivity index (χ0) is 18.6. The maximum atomic E-state index is 12.8. The second kappa shape index (κ2) is 7.45. The molecule has 1 aromatic carbocycles. The topological polar surface area (TPSA) is 82.4 Å². The van der Waals surface area contributed by atoms with Crippen molar-refractivity contribution in [2.75, 3.05) is 13.7 Å². The molecule has 0 aliphatic carbocycles. The number of aromatic nitrogens is 4. The molecule has 0 saturated carbocycles. The Labute approximate surface area is 156 Å². The van der Waals surface area contributed by atoms with Gasteiger partial charge in [-0.15, -0.1) is 5.10 Å². The fourth-order valence-electron chi connectivity index (χ4n) is 2.98. The van der Waals surface area contributed by atoms with Gasteiger partial charge in [-0.2, -0.15) is 0 Å². The molecule has 0 radical (unpaired) electrons. The Hall–Kier alpha value is -3.42. The summed E-state index contributed by atoms with van der Waals surface area (Å²) in [6, 6.07) is 10.8. The van der Waals surface area contributed by atoms with Crippen molar-refractivity contribution in [1.29, 1.82) is 0 Å². The minimum atomic E-state index is -0.0239. The SMILES string of the molecule is COc1ccc(C(=O)N2CCn3nnc(COc4cccnc4)c3C2)cc1. The monoisotopic (exact) mass is 365 g/mol. The molecule has 138 valence electrons. The summed E-state index contributed by atoms with van der Waals surface area (Å²) in [4.78, 5) is 18.6. The number of fused-ring (bicyclic) bond motifs is 1. The average molecular weight is 365 g/mol. The third kappa shape index (κ3) is 3.59. The lowest BCUT2D eigenvalue weighted by molar-refractivity contribution is 0.0704. The Morgan fingerprint density at radius 1 is 1.15 bits per heavy atom. The molecule has 0 spiro atoms. The standard InChI is InChI=1S/C19H19N5O3/c1-26-15-6-4-14(5-7-15)19(25)23-9-10-24-18(12-23)17(21-22-24)13-27-16-3-2-8-20-11-16/h2-8,11H,9-10,12-13H2,1H3. The van der Waals surface area contributed by atoms with E-state index in [-0.39, 0.29) is 12.5 Å². The van der Waals surface area contributed by atoms with E-state index in [2.05, 4.69) is 15.3 Å². The van der Waals surface area contributed by atoms with Crippen molar-refractivity contribution in [2.24, 2.45) is 0 Å². The van der Waals surface area contributed by atoms with E-state index in [1.54, 1.807) is 48.7 Å². The van der Waals surface area contributed by atoms with Crippen LogP contribution in [0.2, 0.25) is 0 Å². The third-order valence-corrected chi connectivity index (χ3v) is 4.47. The quantitative estimate of drug-likeness (QED) is 0.687. The highest BCUT2D eigenvalue weighted by molar-refractivity contribution is 5.94. The lowest BCUT2D eigenvalue weighted by Gasteiger charge is -2.27. The molecular weight excluding hydrogens is 346 g/mol. The third-order valence-electron chi connectivity index (χ3n) is 4.47. The van der Waals surface area contributed by atoms with E-state index in [4.69, 9.17) is 9.47 Å². The first-order chi connectivity index (χ1) is 13.2. The van der Waals surface area contributed by atoms with Crippen molar-refractivity contribution in [3.05, 3.63) is 65.7 Å². The van der Waals surface area contributed by atoms with Crippen LogP contribution in [-0.2, 0) is 19.7 Å². The fourth-order valence-corrected chi connectivity index (χ4v) is 2.98. The van der Waals surface area contributed by atoms with Crippen molar-refractivity contribution in [3.63, 3.8) is 0 Å². The first-order valence-corrected chi connectivity index (χ1v) is 8.62. The Balaban J connectivity index is 1.47. The Morgan fingerprint density at radius 2 is 2.00 bits per heavy atom. The smallest absolute Gasteiger partial charge is 0.254 e. The first kappa shape index (κ1) is 17.0. The summed E-state index contributed by atoms with van der Waals surface area (Å²) in [5.74, 6) is 1.37. The molecule has 27 heavy (non-hydrogen) atoms. The number of rotatable bonds is 5. The van der Waals surface area contributed by atoms with Crippen LogP contribution in [0.25, 0.3) is 0 Å². The van der Waals surface area contributed by atoms with Gasteiger partial charge >= 0.3 is 0 Å². The maximum absolute atomic E-state index is 12.8. The van der Waals surface area contributed by atoms with Gasteiger partial charge in [0.25, 0.3) is 5.91 Å². The summed E-state index contributed by atoms with van der Waals surface area (Å²) in [5, 5.41) is 8.39. The van der Waals surface area contributed by atoms with E-state index in [1.165, 1.54) is 0 Å². The molecule has 8 nitrogen and oxygen atoms in total. The molecule has 3 heterocycles. The molecule has 8 heteroatoms. The molecule has 0 atom stereocenters. The van der Waals surface area contributed by atoms with Gasteiger partial charge in [-0.05, 0) is 36.4 Å². The number of ether oxygens (including phenoxy) is 2. The minimum absolute atomic E-state index is 0.0239. The molecule has 3 aromatic rings. The molecule has 4 rings (SSSR count). The Kier molecular flexibility index (Phi) is 4.69. The van der Waals surface area contributed by atoms with E-state index < -0.39 is 0 Å². The van der Waals surface area contributed by atoms with Gasteiger partial charge in [0.1, 0.15) is 23.8 Å². The molecule has 0 bridgehead atoms. The Bertz CT molecular complexity index is 924. The normalized spacial score (nSPS) is 13.1. The number of methoxy groups -OCH3 is 1. The highest BCUT2D eigenvalue weighted by Crippen LogP contribution is 2.20. The van der Waals surface area contributed by atoms with Gasteiger partial charge in [-0.3, -0.25) is 9.78 Å². The van der Waals surface area contributed by atoms with Gasteiger partial charge < -0.3 is 14.4 Å². The summed E-state index contributed by atoms with van der Waals surface area (Å²) in [6.45, 7) is 1.93. The van der Waals surface area contributed by atoms with Gasteiger partial charge in [0, 0.05) is 18.3 Å². The number of pyridine rings is 1. The molecular formula is C19H19N5O3. The zero-order valence-corrected chi connectivity index (χ0v) is 14.9. The minimum Gasteiger partial charge on any atom is -0.497 e. The highest BCUT2D eigenvalue weighted by Gasteiger charge is 2.26. The van der Waals surface area contributed by atoms with Crippen molar-refractivity contribution < 1.29 is 14.3 Å². The summed E-state index contributed by atoms with van der Waals surface area (Å²) in [6.07, 6.45) is 3.34. The van der Waals surface area contributed by atoms with Crippen LogP contribution in [0, 0.1) is 0 Å². The first-order valence-electron chi connectivity index (χ1n) is 8.62. The van der Waals surface area contributed by atoms with Gasteiger partial charge in [0.15, 0.2) is 0 Å². The van der Waals surface area contributed by atoms with Crippen LogP contribution in [0.15, 0.2) is 48.8 Å². The molecule has 2 aromatic heterocycles. The molecule has 1 amide bonds.